The Morgan fingerprint density at radius 3 is 2.00 bits per heavy atom. The molecular formula is C26H15BrS. The van der Waals surface area contributed by atoms with Crippen molar-refractivity contribution in [2.75, 3.05) is 0 Å². The molecule has 0 saturated heterocycles. The molecule has 0 unspecified atom stereocenters. The molecule has 0 nitrogen and oxygen atoms in total. The van der Waals surface area contributed by atoms with Crippen LogP contribution in [0.25, 0.3) is 52.8 Å². The van der Waals surface area contributed by atoms with Crippen LogP contribution in [-0.4, -0.2) is 0 Å². The Bertz CT molecular complexity index is 1520. The monoisotopic (exact) mass is 438 g/mol. The molecule has 0 aliphatic rings. The summed E-state index contributed by atoms with van der Waals surface area (Å²) in [5, 5.41) is 7.85. The fraction of sp³-hybridized carbons (Fsp3) is 0. The van der Waals surface area contributed by atoms with Crippen LogP contribution in [0.3, 0.4) is 0 Å². The van der Waals surface area contributed by atoms with E-state index < -0.39 is 0 Å². The molecule has 0 saturated carbocycles. The molecule has 0 radical (unpaired) electrons. The third-order valence-electron chi connectivity index (χ3n) is 5.51. The van der Waals surface area contributed by atoms with Crippen LogP contribution in [0.5, 0.6) is 0 Å². The third kappa shape index (κ3) is 2.49. The van der Waals surface area contributed by atoms with Gasteiger partial charge in [-0.05, 0) is 63.0 Å². The van der Waals surface area contributed by atoms with Gasteiger partial charge in [0.05, 0.1) is 0 Å². The molecule has 1 heterocycles. The zero-order chi connectivity index (χ0) is 18.7. The molecule has 0 spiro atoms. The Morgan fingerprint density at radius 1 is 0.500 bits per heavy atom. The highest BCUT2D eigenvalue weighted by Crippen LogP contribution is 2.37. The van der Waals surface area contributed by atoms with E-state index in [0.29, 0.717) is 0 Å². The average molecular weight is 439 g/mol. The largest absolute Gasteiger partial charge is 0.135 e. The SMILES string of the molecule is Brc1ccc2c(ccc3cc(-c4ccc5c(c4)sc4ccccc45)ccc32)c1. The standard InChI is InChI=1S/C26H15BrS/c27-20-9-12-22-19(14-20)6-5-18-13-16(7-10-21(18)22)17-8-11-24-23-3-1-2-4-25(23)28-26(24)15-17/h1-15H. The van der Waals surface area contributed by atoms with Gasteiger partial charge < -0.3 is 0 Å². The fourth-order valence-corrected chi connectivity index (χ4v) is 5.65. The topological polar surface area (TPSA) is 0 Å². The molecule has 6 aromatic rings. The summed E-state index contributed by atoms with van der Waals surface area (Å²) in [6.45, 7) is 0. The predicted molar refractivity (Wildman–Crippen MR) is 127 cm³/mol. The first-order valence-electron chi connectivity index (χ1n) is 9.30. The fourth-order valence-electron chi connectivity index (χ4n) is 4.13. The number of thiophene rings is 1. The van der Waals surface area contributed by atoms with Crippen LogP contribution >= 0.6 is 27.3 Å². The van der Waals surface area contributed by atoms with E-state index in [4.69, 9.17) is 0 Å². The maximum atomic E-state index is 3.57. The molecule has 132 valence electrons. The molecule has 0 aliphatic carbocycles. The molecule has 6 rings (SSSR count). The maximum Gasteiger partial charge on any atom is 0.0361 e. The molecule has 2 heteroatoms. The van der Waals surface area contributed by atoms with Crippen LogP contribution in [0, 0.1) is 0 Å². The highest BCUT2D eigenvalue weighted by molar-refractivity contribution is 9.10. The number of fused-ring (bicyclic) bond motifs is 6. The number of hydrogen-bond donors (Lipinski definition) is 0. The van der Waals surface area contributed by atoms with Crippen molar-refractivity contribution in [3.63, 3.8) is 0 Å². The van der Waals surface area contributed by atoms with Crippen molar-refractivity contribution in [2.45, 2.75) is 0 Å². The van der Waals surface area contributed by atoms with Crippen molar-refractivity contribution in [1.29, 1.82) is 0 Å². The quantitative estimate of drug-likeness (QED) is 0.225. The highest BCUT2D eigenvalue weighted by Gasteiger charge is 2.08. The zero-order valence-corrected chi connectivity index (χ0v) is 17.3. The van der Waals surface area contributed by atoms with Crippen LogP contribution in [0.15, 0.2) is 95.5 Å². The Labute approximate surface area is 175 Å². The minimum absolute atomic E-state index is 1.12. The van der Waals surface area contributed by atoms with Crippen molar-refractivity contribution in [2.24, 2.45) is 0 Å². The van der Waals surface area contributed by atoms with Gasteiger partial charge in [0.2, 0.25) is 0 Å². The van der Waals surface area contributed by atoms with Crippen LogP contribution in [0.1, 0.15) is 0 Å². The van der Waals surface area contributed by atoms with Crippen LogP contribution in [-0.2, 0) is 0 Å². The van der Waals surface area contributed by atoms with E-state index in [1.165, 1.54) is 52.8 Å². The summed E-state index contributed by atoms with van der Waals surface area (Å²) >= 11 is 5.44. The van der Waals surface area contributed by atoms with E-state index in [2.05, 4.69) is 107 Å². The number of halogens is 1. The Kier molecular flexibility index (Phi) is 3.59. The minimum Gasteiger partial charge on any atom is -0.135 e. The number of rotatable bonds is 1. The van der Waals surface area contributed by atoms with Gasteiger partial charge >= 0.3 is 0 Å². The van der Waals surface area contributed by atoms with Crippen LogP contribution < -0.4 is 0 Å². The molecule has 0 amide bonds. The second kappa shape index (κ2) is 6.16. The first-order chi connectivity index (χ1) is 13.8. The molecular weight excluding hydrogens is 424 g/mol. The Balaban J connectivity index is 1.54. The molecule has 1 aromatic heterocycles. The lowest BCUT2D eigenvalue weighted by molar-refractivity contribution is 1.69. The molecule has 0 atom stereocenters. The van der Waals surface area contributed by atoms with E-state index >= 15 is 0 Å². The second-order valence-electron chi connectivity index (χ2n) is 7.18. The van der Waals surface area contributed by atoms with Gasteiger partial charge in [-0.2, -0.15) is 0 Å². The van der Waals surface area contributed by atoms with Gasteiger partial charge in [-0.25, -0.2) is 0 Å². The van der Waals surface area contributed by atoms with Crippen molar-refractivity contribution in [3.05, 3.63) is 95.5 Å². The van der Waals surface area contributed by atoms with Gasteiger partial charge in [0.25, 0.3) is 0 Å². The Morgan fingerprint density at radius 2 is 1.14 bits per heavy atom. The van der Waals surface area contributed by atoms with E-state index in [1.54, 1.807) is 0 Å². The van der Waals surface area contributed by atoms with E-state index in [9.17, 15) is 0 Å². The summed E-state index contributed by atoms with van der Waals surface area (Å²) in [7, 11) is 0. The van der Waals surface area contributed by atoms with Gasteiger partial charge in [0.15, 0.2) is 0 Å². The lowest BCUT2D eigenvalue weighted by Crippen LogP contribution is -1.81. The second-order valence-corrected chi connectivity index (χ2v) is 9.18. The molecule has 0 bridgehead atoms. The van der Waals surface area contributed by atoms with E-state index in [-0.39, 0.29) is 0 Å². The summed E-state index contributed by atoms with van der Waals surface area (Å²) in [6, 6.07) is 33.3. The van der Waals surface area contributed by atoms with Crippen LogP contribution in [0.2, 0.25) is 0 Å². The summed E-state index contributed by atoms with van der Waals surface area (Å²) < 4.78 is 3.82. The lowest BCUT2D eigenvalue weighted by Gasteiger charge is -2.08. The van der Waals surface area contributed by atoms with Crippen molar-refractivity contribution < 1.29 is 0 Å². The number of benzene rings is 5. The summed E-state index contributed by atoms with van der Waals surface area (Å²) in [5.41, 5.74) is 2.54. The van der Waals surface area contributed by atoms with Crippen molar-refractivity contribution >= 4 is 69.0 Å². The molecule has 0 aliphatic heterocycles. The summed E-state index contributed by atoms with van der Waals surface area (Å²) in [6.07, 6.45) is 0. The van der Waals surface area contributed by atoms with Crippen molar-refractivity contribution in [3.8, 4) is 11.1 Å². The van der Waals surface area contributed by atoms with E-state index in [0.717, 1.165) is 4.47 Å². The van der Waals surface area contributed by atoms with Gasteiger partial charge in [0.1, 0.15) is 0 Å². The Hall–Kier alpha value is -2.68. The first-order valence-corrected chi connectivity index (χ1v) is 10.9. The van der Waals surface area contributed by atoms with Gasteiger partial charge in [0, 0.05) is 24.6 Å². The zero-order valence-electron chi connectivity index (χ0n) is 14.9. The highest BCUT2D eigenvalue weighted by atomic mass is 79.9. The first kappa shape index (κ1) is 16.3. The maximum absolute atomic E-state index is 3.57. The molecule has 5 aromatic carbocycles. The molecule has 0 fully saturated rings. The lowest BCUT2D eigenvalue weighted by atomic mass is 9.97. The number of hydrogen-bond acceptors (Lipinski definition) is 1. The normalized spacial score (nSPS) is 11.8. The van der Waals surface area contributed by atoms with Gasteiger partial charge in [-0.15, -0.1) is 11.3 Å². The smallest absolute Gasteiger partial charge is 0.0361 e. The molecule has 0 N–H and O–H groups in total. The van der Waals surface area contributed by atoms with E-state index in [1.807, 2.05) is 11.3 Å². The summed E-state index contributed by atoms with van der Waals surface area (Å²) in [4.78, 5) is 0. The van der Waals surface area contributed by atoms with Crippen molar-refractivity contribution in [1.82, 2.24) is 0 Å². The average Bonchev–Trinajstić information content (AvgIpc) is 3.10. The third-order valence-corrected chi connectivity index (χ3v) is 7.14. The van der Waals surface area contributed by atoms with Crippen LogP contribution in [0.4, 0.5) is 0 Å². The van der Waals surface area contributed by atoms with Gasteiger partial charge in [-0.3, -0.25) is 0 Å². The molecule has 28 heavy (non-hydrogen) atoms. The summed E-state index contributed by atoms with van der Waals surface area (Å²) in [5.74, 6) is 0. The minimum atomic E-state index is 1.12. The predicted octanol–water partition coefficient (Wildman–Crippen LogP) is 8.79. The van der Waals surface area contributed by atoms with Gasteiger partial charge in [-0.1, -0.05) is 76.6 Å².